The molecule has 0 fully saturated rings. The summed E-state index contributed by atoms with van der Waals surface area (Å²) in [6.07, 6.45) is 5.41. The van der Waals surface area contributed by atoms with Crippen molar-refractivity contribution in [3.8, 4) is 0 Å². The highest BCUT2D eigenvalue weighted by molar-refractivity contribution is 5.63. The summed E-state index contributed by atoms with van der Waals surface area (Å²) in [6, 6.07) is 1.87. The summed E-state index contributed by atoms with van der Waals surface area (Å²) in [5.41, 5.74) is 7.33. The predicted molar refractivity (Wildman–Crippen MR) is 62.6 cm³/mol. The van der Waals surface area contributed by atoms with Gasteiger partial charge in [0.2, 0.25) is 0 Å². The Labute approximate surface area is 90.5 Å². The zero-order valence-electron chi connectivity index (χ0n) is 9.11. The van der Waals surface area contributed by atoms with Crippen LogP contribution < -0.4 is 11.1 Å². The van der Waals surface area contributed by atoms with E-state index in [0.29, 0.717) is 11.6 Å². The van der Waals surface area contributed by atoms with Gasteiger partial charge >= 0.3 is 0 Å². The number of anilines is 2. The summed E-state index contributed by atoms with van der Waals surface area (Å²) < 4.78 is 0. The lowest BCUT2D eigenvalue weighted by molar-refractivity contribution is 0.229. The SMILES string of the molecule is CC(CO)CCCNc1ccncc1N. The Bertz CT molecular complexity index is 291. The molecule has 1 aromatic heterocycles. The lowest BCUT2D eigenvalue weighted by Gasteiger charge is -2.10. The Kier molecular flexibility index (Phi) is 4.90. The molecule has 4 N–H and O–H groups in total. The number of nitrogens with one attached hydrogen (secondary N) is 1. The van der Waals surface area contributed by atoms with Gasteiger partial charge in [0.15, 0.2) is 0 Å². The number of nitrogens with two attached hydrogens (primary N) is 1. The van der Waals surface area contributed by atoms with Gasteiger partial charge in [-0.15, -0.1) is 0 Å². The van der Waals surface area contributed by atoms with Crippen LogP contribution >= 0.6 is 0 Å². The number of nitrogens with zero attached hydrogens (tertiary/aromatic N) is 1. The van der Waals surface area contributed by atoms with Crippen LogP contribution in [0.25, 0.3) is 0 Å². The third-order valence-electron chi connectivity index (χ3n) is 2.35. The van der Waals surface area contributed by atoms with E-state index in [-0.39, 0.29) is 6.61 Å². The minimum absolute atomic E-state index is 0.261. The van der Waals surface area contributed by atoms with Gasteiger partial charge in [0.1, 0.15) is 0 Å². The van der Waals surface area contributed by atoms with Crippen molar-refractivity contribution in [2.75, 3.05) is 24.2 Å². The molecule has 1 heterocycles. The van der Waals surface area contributed by atoms with Crippen LogP contribution in [0.5, 0.6) is 0 Å². The van der Waals surface area contributed by atoms with Gasteiger partial charge in [-0.2, -0.15) is 0 Å². The molecule has 4 heteroatoms. The quantitative estimate of drug-likeness (QED) is 0.621. The Hall–Kier alpha value is -1.29. The van der Waals surface area contributed by atoms with E-state index in [1.165, 1.54) is 0 Å². The third-order valence-corrected chi connectivity index (χ3v) is 2.35. The van der Waals surface area contributed by atoms with Crippen molar-refractivity contribution in [3.05, 3.63) is 18.5 Å². The number of hydrogen-bond acceptors (Lipinski definition) is 4. The van der Waals surface area contributed by atoms with Crippen LogP contribution in [0.4, 0.5) is 11.4 Å². The minimum atomic E-state index is 0.261. The van der Waals surface area contributed by atoms with E-state index in [9.17, 15) is 0 Å². The summed E-state index contributed by atoms with van der Waals surface area (Å²) in [7, 11) is 0. The minimum Gasteiger partial charge on any atom is -0.396 e. The van der Waals surface area contributed by atoms with Crippen molar-refractivity contribution in [1.29, 1.82) is 0 Å². The molecular formula is C11H19N3O. The molecule has 4 nitrogen and oxygen atoms in total. The topological polar surface area (TPSA) is 71.2 Å². The second-order valence-corrected chi connectivity index (χ2v) is 3.82. The van der Waals surface area contributed by atoms with E-state index in [0.717, 1.165) is 25.1 Å². The lowest BCUT2D eigenvalue weighted by atomic mass is 10.1. The predicted octanol–water partition coefficient (Wildman–Crippen LogP) is 1.48. The van der Waals surface area contributed by atoms with E-state index in [1.807, 2.05) is 13.0 Å². The van der Waals surface area contributed by atoms with E-state index in [2.05, 4.69) is 10.3 Å². The first-order chi connectivity index (χ1) is 7.24. The molecule has 0 aliphatic heterocycles. The summed E-state index contributed by atoms with van der Waals surface area (Å²) in [6.45, 7) is 3.18. The third kappa shape index (κ3) is 4.16. The molecule has 0 aliphatic rings. The van der Waals surface area contributed by atoms with Gasteiger partial charge in [0.25, 0.3) is 0 Å². The van der Waals surface area contributed by atoms with Gasteiger partial charge in [-0.05, 0) is 24.8 Å². The maximum Gasteiger partial charge on any atom is 0.0736 e. The van der Waals surface area contributed by atoms with Gasteiger partial charge in [-0.25, -0.2) is 0 Å². The van der Waals surface area contributed by atoms with Gasteiger partial charge in [0, 0.05) is 19.3 Å². The van der Waals surface area contributed by atoms with Crippen LogP contribution in [0.1, 0.15) is 19.8 Å². The van der Waals surface area contributed by atoms with Gasteiger partial charge in [0.05, 0.1) is 17.6 Å². The van der Waals surface area contributed by atoms with Crippen LogP contribution in [-0.2, 0) is 0 Å². The van der Waals surface area contributed by atoms with Crippen LogP contribution in [-0.4, -0.2) is 23.2 Å². The van der Waals surface area contributed by atoms with Crippen LogP contribution in [0, 0.1) is 5.92 Å². The van der Waals surface area contributed by atoms with E-state index < -0.39 is 0 Å². The van der Waals surface area contributed by atoms with E-state index in [1.54, 1.807) is 12.4 Å². The molecule has 1 unspecified atom stereocenters. The monoisotopic (exact) mass is 209 g/mol. The fourth-order valence-electron chi connectivity index (χ4n) is 1.33. The number of rotatable bonds is 6. The van der Waals surface area contributed by atoms with Crippen molar-refractivity contribution < 1.29 is 5.11 Å². The smallest absolute Gasteiger partial charge is 0.0736 e. The molecule has 0 saturated carbocycles. The molecule has 84 valence electrons. The molecular weight excluding hydrogens is 190 g/mol. The number of aromatic nitrogens is 1. The van der Waals surface area contributed by atoms with Crippen LogP contribution in [0.15, 0.2) is 18.5 Å². The fourth-order valence-corrected chi connectivity index (χ4v) is 1.33. The molecule has 0 amide bonds. The number of aliphatic hydroxyl groups is 1. The maximum absolute atomic E-state index is 8.85. The standard InChI is InChI=1S/C11H19N3O/c1-9(8-15)3-2-5-14-11-4-6-13-7-10(11)12/h4,6-7,9,15H,2-3,5,8,12H2,1H3,(H,13,14). The molecule has 0 aliphatic carbocycles. The molecule has 1 aromatic rings. The lowest BCUT2D eigenvalue weighted by Crippen LogP contribution is -2.07. The van der Waals surface area contributed by atoms with E-state index >= 15 is 0 Å². The fraction of sp³-hybridized carbons (Fsp3) is 0.545. The van der Waals surface area contributed by atoms with Crippen molar-refractivity contribution in [3.63, 3.8) is 0 Å². The molecule has 0 saturated heterocycles. The normalized spacial score (nSPS) is 12.4. The van der Waals surface area contributed by atoms with E-state index in [4.69, 9.17) is 10.8 Å². The first kappa shape index (κ1) is 11.8. The van der Waals surface area contributed by atoms with Crippen molar-refractivity contribution >= 4 is 11.4 Å². The number of aliphatic hydroxyl groups excluding tert-OH is 1. The van der Waals surface area contributed by atoms with Crippen molar-refractivity contribution in [1.82, 2.24) is 4.98 Å². The molecule has 1 atom stereocenters. The molecule has 1 rings (SSSR count). The summed E-state index contributed by atoms with van der Waals surface area (Å²) in [5, 5.41) is 12.1. The van der Waals surface area contributed by atoms with Crippen molar-refractivity contribution in [2.24, 2.45) is 5.92 Å². The number of pyridine rings is 1. The average molecular weight is 209 g/mol. The molecule has 0 bridgehead atoms. The largest absolute Gasteiger partial charge is 0.396 e. The van der Waals surface area contributed by atoms with Crippen LogP contribution in [0.2, 0.25) is 0 Å². The second kappa shape index (κ2) is 6.24. The highest BCUT2D eigenvalue weighted by Crippen LogP contribution is 2.15. The molecule has 15 heavy (non-hydrogen) atoms. The highest BCUT2D eigenvalue weighted by Gasteiger charge is 2.00. The average Bonchev–Trinajstić information content (AvgIpc) is 2.26. The molecule has 0 aromatic carbocycles. The van der Waals surface area contributed by atoms with Gasteiger partial charge in [-0.3, -0.25) is 4.98 Å². The first-order valence-corrected chi connectivity index (χ1v) is 5.28. The highest BCUT2D eigenvalue weighted by atomic mass is 16.3. The molecule has 0 radical (unpaired) electrons. The molecule has 0 spiro atoms. The first-order valence-electron chi connectivity index (χ1n) is 5.28. The summed E-state index contributed by atoms with van der Waals surface area (Å²) >= 11 is 0. The van der Waals surface area contributed by atoms with Crippen molar-refractivity contribution in [2.45, 2.75) is 19.8 Å². The zero-order valence-corrected chi connectivity index (χ0v) is 9.11. The Balaban J connectivity index is 2.23. The summed E-state index contributed by atoms with van der Waals surface area (Å²) in [5.74, 6) is 0.376. The van der Waals surface area contributed by atoms with Gasteiger partial charge in [-0.1, -0.05) is 6.92 Å². The number of hydrogen-bond donors (Lipinski definition) is 3. The van der Waals surface area contributed by atoms with Crippen LogP contribution in [0.3, 0.4) is 0 Å². The zero-order chi connectivity index (χ0) is 11.1. The Morgan fingerprint density at radius 1 is 1.60 bits per heavy atom. The Morgan fingerprint density at radius 2 is 2.40 bits per heavy atom. The second-order valence-electron chi connectivity index (χ2n) is 3.82. The maximum atomic E-state index is 8.85. The van der Waals surface area contributed by atoms with Gasteiger partial charge < -0.3 is 16.2 Å². The summed E-state index contributed by atoms with van der Waals surface area (Å²) in [4.78, 5) is 3.92. The Morgan fingerprint density at radius 3 is 3.07 bits per heavy atom. The number of nitrogen functional groups attached to an aromatic ring is 1.